The molecule has 1 atom stereocenters. The first-order valence-electron chi connectivity index (χ1n) is 12.7. The molecule has 1 aliphatic heterocycles. The molecule has 1 amide bonds. The van der Waals surface area contributed by atoms with Crippen molar-refractivity contribution in [2.45, 2.75) is 45.6 Å². The molecule has 0 radical (unpaired) electrons. The molecular formula is C31H37N3O2. The molecule has 1 unspecified atom stereocenters. The van der Waals surface area contributed by atoms with Crippen molar-refractivity contribution < 1.29 is 9.53 Å². The average molecular weight is 484 g/mol. The molecule has 0 aliphatic carbocycles. The summed E-state index contributed by atoms with van der Waals surface area (Å²) < 4.78 is 6.18. The summed E-state index contributed by atoms with van der Waals surface area (Å²) in [5.41, 5.74) is 5.66. The normalized spacial score (nSPS) is 14.1. The van der Waals surface area contributed by atoms with Gasteiger partial charge in [0.15, 0.2) is 0 Å². The Bertz CT molecular complexity index is 1170. The van der Waals surface area contributed by atoms with Gasteiger partial charge in [-0.25, -0.2) is 0 Å². The highest BCUT2D eigenvalue weighted by molar-refractivity contribution is 5.90. The fourth-order valence-electron chi connectivity index (χ4n) is 4.83. The molecule has 3 aromatic carbocycles. The molecule has 0 saturated heterocycles. The molecule has 188 valence electrons. The van der Waals surface area contributed by atoms with Gasteiger partial charge in [-0.05, 0) is 55.9 Å². The topological polar surface area (TPSA) is 44.8 Å². The third-order valence-corrected chi connectivity index (χ3v) is 6.47. The molecular weight excluding hydrogens is 446 g/mol. The van der Waals surface area contributed by atoms with Crippen LogP contribution < -0.4 is 10.1 Å². The van der Waals surface area contributed by atoms with Crippen LogP contribution in [-0.4, -0.2) is 42.1 Å². The van der Waals surface area contributed by atoms with E-state index in [0.29, 0.717) is 0 Å². The van der Waals surface area contributed by atoms with Crippen LogP contribution in [-0.2, 0) is 11.2 Å². The molecule has 1 N–H and O–H groups in total. The first-order chi connectivity index (χ1) is 17.4. The van der Waals surface area contributed by atoms with Gasteiger partial charge in [0.1, 0.15) is 5.75 Å². The van der Waals surface area contributed by atoms with E-state index < -0.39 is 0 Å². The van der Waals surface area contributed by atoms with Gasteiger partial charge in [0, 0.05) is 38.0 Å². The quantitative estimate of drug-likeness (QED) is 0.365. The monoisotopic (exact) mass is 483 g/mol. The number of hydrogen-bond donors (Lipinski definition) is 1. The van der Waals surface area contributed by atoms with Crippen molar-refractivity contribution in [2.24, 2.45) is 0 Å². The minimum absolute atomic E-state index is 0.0492. The van der Waals surface area contributed by atoms with E-state index in [2.05, 4.69) is 89.0 Å². The predicted octanol–water partition coefficient (Wildman–Crippen LogP) is 6.35. The van der Waals surface area contributed by atoms with Crippen molar-refractivity contribution in [3.63, 3.8) is 0 Å². The van der Waals surface area contributed by atoms with Crippen LogP contribution in [0.3, 0.4) is 0 Å². The van der Waals surface area contributed by atoms with Crippen LogP contribution in [0.15, 0.2) is 85.1 Å². The first kappa shape index (κ1) is 25.4. The van der Waals surface area contributed by atoms with Gasteiger partial charge >= 0.3 is 0 Å². The Balaban J connectivity index is 1.58. The molecule has 0 saturated carbocycles. The Morgan fingerprint density at radius 2 is 1.67 bits per heavy atom. The van der Waals surface area contributed by atoms with Gasteiger partial charge in [-0.15, -0.1) is 0 Å². The van der Waals surface area contributed by atoms with E-state index >= 15 is 0 Å². The fourth-order valence-corrected chi connectivity index (χ4v) is 4.83. The van der Waals surface area contributed by atoms with Gasteiger partial charge in [0.05, 0.1) is 18.5 Å². The van der Waals surface area contributed by atoms with E-state index in [4.69, 9.17) is 4.74 Å². The number of anilines is 1. The van der Waals surface area contributed by atoms with Crippen LogP contribution >= 0.6 is 0 Å². The van der Waals surface area contributed by atoms with Crippen molar-refractivity contribution in [1.29, 1.82) is 0 Å². The first-order valence-corrected chi connectivity index (χ1v) is 12.7. The molecule has 0 spiro atoms. The number of nitrogens with one attached hydrogen (secondary N) is 1. The molecule has 5 nitrogen and oxygen atoms in total. The van der Waals surface area contributed by atoms with Gasteiger partial charge in [0.2, 0.25) is 5.91 Å². The maximum Gasteiger partial charge on any atom is 0.221 e. The van der Waals surface area contributed by atoms with Gasteiger partial charge in [-0.3, -0.25) is 4.79 Å². The Hall–Kier alpha value is -3.73. The largest absolute Gasteiger partial charge is 0.491 e. The lowest BCUT2D eigenvalue weighted by molar-refractivity contribution is -0.114. The second-order valence-corrected chi connectivity index (χ2v) is 9.76. The summed E-state index contributed by atoms with van der Waals surface area (Å²) in [5.74, 6) is 1.03. The Morgan fingerprint density at radius 1 is 0.972 bits per heavy atom. The lowest BCUT2D eigenvalue weighted by Gasteiger charge is -2.25. The molecule has 4 rings (SSSR count). The lowest BCUT2D eigenvalue weighted by atomic mass is 9.88. The number of benzene rings is 3. The summed E-state index contributed by atoms with van der Waals surface area (Å²) in [7, 11) is 2.15. The maximum absolute atomic E-state index is 12.0. The van der Waals surface area contributed by atoms with Crippen LogP contribution in [0.2, 0.25) is 0 Å². The zero-order valence-corrected chi connectivity index (χ0v) is 21.8. The van der Waals surface area contributed by atoms with Gasteiger partial charge in [0.25, 0.3) is 0 Å². The summed E-state index contributed by atoms with van der Waals surface area (Å²) in [6.45, 7) is 7.42. The zero-order chi connectivity index (χ0) is 25.5. The minimum Gasteiger partial charge on any atom is -0.491 e. The van der Waals surface area contributed by atoms with Crippen molar-refractivity contribution in [2.75, 3.05) is 25.6 Å². The summed E-state index contributed by atoms with van der Waals surface area (Å²) in [4.78, 5) is 16.7. The maximum atomic E-state index is 12.0. The molecule has 0 aromatic heterocycles. The smallest absolute Gasteiger partial charge is 0.221 e. The van der Waals surface area contributed by atoms with E-state index in [1.165, 1.54) is 16.8 Å². The zero-order valence-electron chi connectivity index (χ0n) is 21.8. The van der Waals surface area contributed by atoms with Crippen LogP contribution in [0.5, 0.6) is 5.75 Å². The van der Waals surface area contributed by atoms with Crippen LogP contribution in [0.4, 0.5) is 5.69 Å². The van der Waals surface area contributed by atoms with Gasteiger partial charge in [-0.1, -0.05) is 66.7 Å². The number of hydrogen-bond acceptors (Lipinski definition) is 4. The van der Waals surface area contributed by atoms with Crippen molar-refractivity contribution in [3.8, 4) is 5.75 Å². The number of carbonyl (C=O) groups is 1. The van der Waals surface area contributed by atoms with Gasteiger partial charge < -0.3 is 19.9 Å². The molecule has 0 bridgehead atoms. The Labute approximate surface area is 215 Å². The molecule has 0 fully saturated rings. The van der Waals surface area contributed by atoms with Gasteiger partial charge in [-0.2, -0.15) is 0 Å². The Morgan fingerprint density at radius 3 is 2.33 bits per heavy atom. The van der Waals surface area contributed by atoms with Crippen LogP contribution in [0, 0.1) is 0 Å². The summed E-state index contributed by atoms with van der Waals surface area (Å²) in [6, 6.07) is 27.1. The highest BCUT2D eigenvalue weighted by Gasteiger charge is 2.23. The number of carbonyl (C=O) groups excluding carboxylic acids is 1. The van der Waals surface area contributed by atoms with Crippen molar-refractivity contribution in [1.82, 2.24) is 9.80 Å². The lowest BCUT2D eigenvalue weighted by Crippen LogP contribution is -2.25. The summed E-state index contributed by atoms with van der Waals surface area (Å²) in [6.07, 6.45) is 4.08. The van der Waals surface area contributed by atoms with E-state index in [-0.39, 0.29) is 17.9 Å². The van der Waals surface area contributed by atoms with E-state index in [9.17, 15) is 4.79 Å². The highest BCUT2D eigenvalue weighted by atomic mass is 16.5. The van der Waals surface area contributed by atoms with E-state index in [1.54, 1.807) is 6.92 Å². The number of nitrogens with zero attached hydrogens (tertiary/aromatic N) is 2. The predicted molar refractivity (Wildman–Crippen MR) is 148 cm³/mol. The summed E-state index contributed by atoms with van der Waals surface area (Å²) in [5, 5.41) is 3.03. The third kappa shape index (κ3) is 6.48. The SMILES string of the molecule is CC(=O)Nc1cccc(OC(C)C)c1CC(CCN1C=C(c2ccccc2)N(C)C1)c1ccccc1. The molecule has 1 heterocycles. The van der Waals surface area contributed by atoms with Crippen molar-refractivity contribution >= 4 is 17.3 Å². The fraction of sp³-hybridized carbons (Fsp3) is 0.323. The van der Waals surface area contributed by atoms with Crippen LogP contribution in [0.25, 0.3) is 5.70 Å². The van der Waals surface area contributed by atoms with E-state index in [0.717, 1.165) is 43.1 Å². The van der Waals surface area contributed by atoms with E-state index in [1.807, 2.05) is 32.0 Å². The molecule has 36 heavy (non-hydrogen) atoms. The number of amides is 1. The van der Waals surface area contributed by atoms with Crippen LogP contribution in [0.1, 0.15) is 49.8 Å². The third-order valence-electron chi connectivity index (χ3n) is 6.47. The highest BCUT2D eigenvalue weighted by Crippen LogP contribution is 2.35. The average Bonchev–Trinajstić information content (AvgIpc) is 3.24. The number of ether oxygens (including phenoxy) is 1. The second kappa shape index (κ2) is 11.8. The molecule has 1 aliphatic rings. The van der Waals surface area contributed by atoms with Crippen molar-refractivity contribution in [3.05, 3.63) is 102 Å². The Kier molecular flexibility index (Phi) is 8.32. The summed E-state index contributed by atoms with van der Waals surface area (Å²) >= 11 is 0. The molecule has 3 aromatic rings. The number of rotatable bonds is 10. The standard InChI is InChI=1S/C31H37N3O2/c1-23(2)36-31-17-11-16-29(32-24(3)35)28(31)20-27(25-12-7-5-8-13-25)18-19-34-21-30(33(4)22-34)26-14-9-6-10-15-26/h5-17,21,23,27H,18-20,22H2,1-4H3,(H,32,35). The minimum atomic E-state index is -0.0760. The molecule has 5 heteroatoms. The second-order valence-electron chi connectivity index (χ2n) is 9.76.